The van der Waals surface area contributed by atoms with Crippen molar-refractivity contribution in [3.05, 3.63) is 45.7 Å². The van der Waals surface area contributed by atoms with E-state index in [0.717, 1.165) is 34.5 Å². The van der Waals surface area contributed by atoms with Gasteiger partial charge in [-0.2, -0.15) is 5.10 Å². The molecule has 3 rings (SSSR count). The van der Waals surface area contributed by atoms with Crippen molar-refractivity contribution in [2.24, 2.45) is 0 Å². The summed E-state index contributed by atoms with van der Waals surface area (Å²) >= 11 is 3.53. The Balaban J connectivity index is 0.00000208. The molecular weight excluding hydrogens is 392 g/mol. The number of aromatic nitrogens is 2. The highest BCUT2D eigenvalue weighted by Crippen LogP contribution is 2.23. The van der Waals surface area contributed by atoms with Crippen LogP contribution in [-0.2, 0) is 0 Å². The first-order valence-corrected chi connectivity index (χ1v) is 8.69. The molecule has 1 atom stereocenters. The van der Waals surface area contributed by atoms with Crippen molar-refractivity contribution < 1.29 is 4.79 Å². The van der Waals surface area contributed by atoms with Crippen LogP contribution in [0.1, 0.15) is 34.6 Å². The summed E-state index contributed by atoms with van der Waals surface area (Å²) < 4.78 is 2.90. The molecule has 1 aliphatic heterocycles. The highest BCUT2D eigenvalue weighted by molar-refractivity contribution is 9.10. The fraction of sp³-hybridized carbons (Fsp3) is 0.412. The minimum Gasteiger partial charge on any atom is -0.350 e. The van der Waals surface area contributed by atoms with Crippen molar-refractivity contribution in [3.8, 4) is 5.69 Å². The molecule has 130 valence electrons. The summed E-state index contributed by atoms with van der Waals surface area (Å²) in [5.74, 6) is -0.0280. The first kappa shape index (κ1) is 19.0. The van der Waals surface area contributed by atoms with Gasteiger partial charge in [0.15, 0.2) is 0 Å². The van der Waals surface area contributed by atoms with Crippen LogP contribution in [0.3, 0.4) is 0 Å². The van der Waals surface area contributed by atoms with Crippen LogP contribution >= 0.6 is 28.3 Å². The molecule has 5 nitrogen and oxygen atoms in total. The van der Waals surface area contributed by atoms with E-state index in [0.29, 0.717) is 18.2 Å². The van der Waals surface area contributed by atoms with Gasteiger partial charge >= 0.3 is 0 Å². The molecule has 1 aromatic carbocycles. The fourth-order valence-electron chi connectivity index (χ4n) is 2.88. The SMILES string of the molecule is Cc1nn(-c2ccc(C(=O)NCC3CCCN3)cc2)c(C)c1Br.Cl. The quantitative estimate of drug-likeness (QED) is 0.809. The van der Waals surface area contributed by atoms with Gasteiger partial charge in [0.1, 0.15) is 0 Å². The molecule has 2 N–H and O–H groups in total. The fourth-order valence-corrected chi connectivity index (χ4v) is 3.13. The average molecular weight is 414 g/mol. The molecule has 0 bridgehead atoms. The third-order valence-corrected chi connectivity index (χ3v) is 5.40. The first-order chi connectivity index (χ1) is 11.1. The predicted molar refractivity (Wildman–Crippen MR) is 101 cm³/mol. The number of nitrogens with one attached hydrogen (secondary N) is 2. The zero-order valence-corrected chi connectivity index (χ0v) is 16.2. The first-order valence-electron chi connectivity index (χ1n) is 7.90. The van der Waals surface area contributed by atoms with E-state index in [4.69, 9.17) is 0 Å². The molecule has 2 aromatic rings. The Labute approximate surface area is 156 Å². The Kier molecular flexibility index (Phi) is 6.43. The maximum Gasteiger partial charge on any atom is 0.251 e. The van der Waals surface area contributed by atoms with Crippen LogP contribution in [0.4, 0.5) is 0 Å². The van der Waals surface area contributed by atoms with Crippen LogP contribution in [-0.4, -0.2) is 34.8 Å². The monoisotopic (exact) mass is 412 g/mol. The molecule has 7 heteroatoms. The second-order valence-electron chi connectivity index (χ2n) is 5.95. The predicted octanol–water partition coefficient (Wildman–Crippen LogP) is 3.16. The molecule has 0 aliphatic carbocycles. The molecule has 0 spiro atoms. The highest BCUT2D eigenvalue weighted by atomic mass is 79.9. The van der Waals surface area contributed by atoms with Gasteiger partial charge in [-0.3, -0.25) is 4.79 Å². The summed E-state index contributed by atoms with van der Waals surface area (Å²) in [5, 5.41) is 10.9. The Hall–Kier alpha value is -1.37. The van der Waals surface area contributed by atoms with Gasteiger partial charge < -0.3 is 10.6 Å². The maximum atomic E-state index is 12.2. The van der Waals surface area contributed by atoms with E-state index in [9.17, 15) is 4.79 Å². The number of hydrogen-bond acceptors (Lipinski definition) is 3. The topological polar surface area (TPSA) is 59.0 Å². The lowest BCUT2D eigenvalue weighted by molar-refractivity contribution is 0.0950. The zero-order valence-electron chi connectivity index (χ0n) is 13.8. The molecule has 0 radical (unpaired) electrons. The Morgan fingerprint density at radius 1 is 1.38 bits per heavy atom. The molecule has 1 saturated heterocycles. The van der Waals surface area contributed by atoms with Gasteiger partial charge in [-0.05, 0) is 73.4 Å². The number of carbonyl (C=O) groups is 1. The van der Waals surface area contributed by atoms with Gasteiger partial charge in [0.05, 0.1) is 21.5 Å². The van der Waals surface area contributed by atoms with Gasteiger partial charge in [-0.1, -0.05) is 0 Å². The molecular formula is C17H22BrClN4O. The molecule has 1 fully saturated rings. The Bertz CT molecular complexity index is 708. The number of halogens is 2. The van der Waals surface area contributed by atoms with Gasteiger partial charge in [-0.25, -0.2) is 4.68 Å². The zero-order chi connectivity index (χ0) is 16.4. The summed E-state index contributed by atoms with van der Waals surface area (Å²) in [6, 6.07) is 7.95. The number of rotatable bonds is 4. The Morgan fingerprint density at radius 2 is 2.08 bits per heavy atom. The second kappa shape index (κ2) is 8.14. The lowest BCUT2D eigenvalue weighted by Crippen LogP contribution is -2.37. The molecule has 0 saturated carbocycles. The van der Waals surface area contributed by atoms with Crippen LogP contribution in [0, 0.1) is 13.8 Å². The van der Waals surface area contributed by atoms with Crippen LogP contribution in [0.5, 0.6) is 0 Å². The molecule has 1 aromatic heterocycles. The largest absolute Gasteiger partial charge is 0.350 e. The van der Waals surface area contributed by atoms with Gasteiger partial charge in [0, 0.05) is 18.2 Å². The summed E-state index contributed by atoms with van der Waals surface area (Å²) in [5.41, 5.74) is 3.62. The molecule has 1 aliphatic rings. The normalized spacial score (nSPS) is 16.7. The van der Waals surface area contributed by atoms with Crippen molar-refractivity contribution in [3.63, 3.8) is 0 Å². The lowest BCUT2D eigenvalue weighted by atomic mass is 10.1. The number of benzene rings is 1. The number of nitrogens with zero attached hydrogens (tertiary/aromatic N) is 2. The molecule has 24 heavy (non-hydrogen) atoms. The van der Waals surface area contributed by atoms with Crippen molar-refractivity contribution in [1.82, 2.24) is 20.4 Å². The Morgan fingerprint density at radius 3 is 2.62 bits per heavy atom. The van der Waals surface area contributed by atoms with Crippen LogP contribution in [0.25, 0.3) is 5.69 Å². The van der Waals surface area contributed by atoms with Crippen molar-refractivity contribution in [2.45, 2.75) is 32.7 Å². The van der Waals surface area contributed by atoms with E-state index in [1.54, 1.807) is 0 Å². The van der Waals surface area contributed by atoms with E-state index in [1.807, 2.05) is 42.8 Å². The summed E-state index contributed by atoms with van der Waals surface area (Å²) in [7, 11) is 0. The van der Waals surface area contributed by atoms with Gasteiger partial charge in [-0.15, -0.1) is 12.4 Å². The third kappa shape index (κ3) is 3.99. The summed E-state index contributed by atoms with van der Waals surface area (Å²) in [4.78, 5) is 12.2. The van der Waals surface area contributed by atoms with Crippen molar-refractivity contribution >= 4 is 34.2 Å². The second-order valence-corrected chi connectivity index (χ2v) is 6.74. The third-order valence-electron chi connectivity index (χ3n) is 4.25. The number of hydrogen-bond donors (Lipinski definition) is 2. The number of amides is 1. The van der Waals surface area contributed by atoms with Crippen LogP contribution < -0.4 is 10.6 Å². The summed E-state index contributed by atoms with van der Waals surface area (Å²) in [6.45, 7) is 5.71. The average Bonchev–Trinajstić information content (AvgIpc) is 3.17. The standard InChI is InChI=1S/C17H21BrN4O.ClH/c1-11-16(18)12(2)22(21-11)15-7-5-13(6-8-15)17(23)20-10-14-4-3-9-19-14;/h5-8,14,19H,3-4,9-10H2,1-2H3,(H,20,23);1H. The highest BCUT2D eigenvalue weighted by Gasteiger charge is 2.15. The van der Waals surface area contributed by atoms with Gasteiger partial charge in [0.25, 0.3) is 5.91 Å². The minimum atomic E-state index is -0.0280. The minimum absolute atomic E-state index is 0. The van der Waals surface area contributed by atoms with E-state index in [2.05, 4.69) is 31.7 Å². The van der Waals surface area contributed by atoms with E-state index in [1.165, 1.54) is 6.42 Å². The van der Waals surface area contributed by atoms with Crippen molar-refractivity contribution in [1.29, 1.82) is 0 Å². The van der Waals surface area contributed by atoms with Crippen molar-refractivity contribution in [2.75, 3.05) is 13.1 Å². The molecule has 1 unspecified atom stereocenters. The molecule has 1 amide bonds. The van der Waals surface area contributed by atoms with Crippen LogP contribution in [0.15, 0.2) is 28.7 Å². The summed E-state index contributed by atoms with van der Waals surface area (Å²) in [6.07, 6.45) is 2.32. The van der Waals surface area contributed by atoms with Crippen LogP contribution in [0.2, 0.25) is 0 Å². The molecule has 2 heterocycles. The van der Waals surface area contributed by atoms with E-state index >= 15 is 0 Å². The number of carbonyl (C=O) groups excluding carboxylic acids is 1. The van der Waals surface area contributed by atoms with E-state index < -0.39 is 0 Å². The lowest BCUT2D eigenvalue weighted by Gasteiger charge is -2.12. The van der Waals surface area contributed by atoms with Gasteiger partial charge in [0.2, 0.25) is 0 Å². The maximum absolute atomic E-state index is 12.2. The smallest absolute Gasteiger partial charge is 0.251 e. The van der Waals surface area contributed by atoms with E-state index in [-0.39, 0.29) is 18.3 Å². The number of aryl methyl sites for hydroxylation is 1.